The van der Waals surface area contributed by atoms with E-state index in [-0.39, 0.29) is 23.3 Å². The topological polar surface area (TPSA) is 80.5 Å². The molecule has 1 unspecified atom stereocenters. The number of carbonyl (C=O) groups excluding carboxylic acids is 1. The van der Waals surface area contributed by atoms with Gasteiger partial charge in [0.1, 0.15) is 5.82 Å². The number of likely N-dealkylation sites (tertiary alicyclic amines) is 1. The Labute approximate surface area is 123 Å². The van der Waals surface area contributed by atoms with Crippen molar-refractivity contribution < 1.29 is 17.6 Å². The number of hydrogen-bond donors (Lipinski definition) is 1. The SMILES string of the molecule is CC(CC(=O)N1CC[C@@H](N)C1)S(=O)(=O)c1ccc(F)cc1. The first kappa shape index (κ1) is 15.9. The summed E-state index contributed by atoms with van der Waals surface area (Å²) >= 11 is 0. The molecule has 1 fully saturated rings. The van der Waals surface area contributed by atoms with E-state index in [0.29, 0.717) is 13.1 Å². The average Bonchev–Trinajstić information content (AvgIpc) is 2.86. The second-order valence-corrected chi connectivity index (χ2v) is 7.77. The first-order valence-corrected chi connectivity index (χ1v) is 8.38. The molecule has 2 rings (SSSR count). The zero-order valence-corrected chi connectivity index (χ0v) is 12.6. The van der Waals surface area contributed by atoms with Gasteiger partial charge in [0, 0.05) is 25.6 Å². The van der Waals surface area contributed by atoms with Gasteiger partial charge in [0.25, 0.3) is 0 Å². The zero-order valence-electron chi connectivity index (χ0n) is 11.8. The van der Waals surface area contributed by atoms with Crippen molar-refractivity contribution in [1.29, 1.82) is 0 Å². The first-order chi connectivity index (χ1) is 9.80. The van der Waals surface area contributed by atoms with Gasteiger partial charge in [-0.25, -0.2) is 12.8 Å². The summed E-state index contributed by atoms with van der Waals surface area (Å²) in [6, 6.07) is 4.61. The van der Waals surface area contributed by atoms with Crippen molar-refractivity contribution in [2.75, 3.05) is 13.1 Å². The Hall–Kier alpha value is -1.47. The van der Waals surface area contributed by atoms with Gasteiger partial charge in [-0.1, -0.05) is 0 Å². The number of benzene rings is 1. The van der Waals surface area contributed by atoms with Gasteiger partial charge in [-0.15, -0.1) is 0 Å². The molecular weight excluding hydrogens is 295 g/mol. The number of nitrogens with zero attached hydrogens (tertiary/aromatic N) is 1. The predicted molar refractivity (Wildman–Crippen MR) is 76.8 cm³/mol. The Kier molecular flexibility index (Phi) is 4.63. The average molecular weight is 314 g/mol. The van der Waals surface area contributed by atoms with Crippen LogP contribution in [0.1, 0.15) is 19.8 Å². The molecular formula is C14H19FN2O3S. The molecule has 0 radical (unpaired) electrons. The van der Waals surface area contributed by atoms with Gasteiger partial charge >= 0.3 is 0 Å². The highest BCUT2D eigenvalue weighted by molar-refractivity contribution is 7.92. The Morgan fingerprint density at radius 2 is 2.05 bits per heavy atom. The standard InChI is InChI=1S/C14H19FN2O3S/c1-10(8-14(18)17-7-6-12(16)9-17)21(19,20)13-4-2-11(15)3-5-13/h2-5,10,12H,6-9,16H2,1H3/t10?,12-/m1/s1. The van der Waals surface area contributed by atoms with Gasteiger partial charge < -0.3 is 10.6 Å². The molecule has 0 bridgehead atoms. The van der Waals surface area contributed by atoms with Crippen LogP contribution in [-0.2, 0) is 14.6 Å². The third kappa shape index (κ3) is 3.59. The van der Waals surface area contributed by atoms with E-state index in [9.17, 15) is 17.6 Å². The van der Waals surface area contributed by atoms with Gasteiger partial charge in [0.15, 0.2) is 9.84 Å². The molecule has 1 aliphatic heterocycles. The molecule has 1 aromatic carbocycles. The third-order valence-electron chi connectivity index (χ3n) is 3.71. The number of hydrogen-bond acceptors (Lipinski definition) is 4. The lowest BCUT2D eigenvalue weighted by Gasteiger charge is -2.19. The molecule has 0 aromatic heterocycles. The van der Waals surface area contributed by atoms with Crippen molar-refractivity contribution in [1.82, 2.24) is 4.90 Å². The largest absolute Gasteiger partial charge is 0.341 e. The lowest BCUT2D eigenvalue weighted by Crippen LogP contribution is -2.35. The van der Waals surface area contributed by atoms with Gasteiger partial charge in [0.2, 0.25) is 5.91 Å². The van der Waals surface area contributed by atoms with E-state index in [0.717, 1.165) is 18.6 Å². The number of sulfone groups is 1. The van der Waals surface area contributed by atoms with Crippen LogP contribution in [0, 0.1) is 5.82 Å². The van der Waals surface area contributed by atoms with E-state index in [1.54, 1.807) is 4.90 Å². The summed E-state index contributed by atoms with van der Waals surface area (Å²) in [5, 5.41) is -0.854. The quantitative estimate of drug-likeness (QED) is 0.839. The number of halogens is 1. The molecule has 21 heavy (non-hydrogen) atoms. The van der Waals surface area contributed by atoms with Crippen molar-refractivity contribution in [3.63, 3.8) is 0 Å². The predicted octanol–water partition coefficient (Wildman–Crippen LogP) is 0.938. The van der Waals surface area contributed by atoms with Crippen molar-refractivity contribution in [3.8, 4) is 0 Å². The molecule has 1 amide bonds. The Morgan fingerprint density at radius 1 is 1.43 bits per heavy atom. The van der Waals surface area contributed by atoms with Crippen LogP contribution in [0.15, 0.2) is 29.2 Å². The molecule has 0 aliphatic carbocycles. The smallest absolute Gasteiger partial charge is 0.223 e. The van der Waals surface area contributed by atoms with Crippen LogP contribution in [0.25, 0.3) is 0 Å². The van der Waals surface area contributed by atoms with Crippen molar-refractivity contribution in [2.45, 2.75) is 36.0 Å². The fourth-order valence-electron chi connectivity index (χ4n) is 2.36. The van der Waals surface area contributed by atoms with Crippen LogP contribution < -0.4 is 5.73 Å². The van der Waals surface area contributed by atoms with Crippen LogP contribution in [0.3, 0.4) is 0 Å². The van der Waals surface area contributed by atoms with Crippen LogP contribution >= 0.6 is 0 Å². The summed E-state index contributed by atoms with van der Waals surface area (Å²) in [6.45, 7) is 2.54. The summed E-state index contributed by atoms with van der Waals surface area (Å²) in [5.74, 6) is -0.704. The van der Waals surface area contributed by atoms with Gasteiger partial charge in [0.05, 0.1) is 10.1 Å². The number of rotatable bonds is 4. The molecule has 116 valence electrons. The highest BCUT2D eigenvalue weighted by Crippen LogP contribution is 2.20. The van der Waals surface area contributed by atoms with Gasteiger partial charge in [-0.3, -0.25) is 4.79 Å². The van der Waals surface area contributed by atoms with Gasteiger partial charge in [-0.2, -0.15) is 0 Å². The minimum atomic E-state index is -3.64. The van der Waals surface area contributed by atoms with Crippen molar-refractivity contribution >= 4 is 15.7 Å². The highest BCUT2D eigenvalue weighted by atomic mass is 32.2. The van der Waals surface area contributed by atoms with E-state index >= 15 is 0 Å². The summed E-state index contributed by atoms with van der Waals surface area (Å²) < 4.78 is 37.5. The van der Waals surface area contributed by atoms with Crippen LogP contribution in [0.5, 0.6) is 0 Å². The maximum atomic E-state index is 12.9. The minimum absolute atomic E-state index is 0.0297. The molecule has 0 saturated carbocycles. The molecule has 5 nitrogen and oxygen atoms in total. The second kappa shape index (κ2) is 6.11. The van der Waals surface area contributed by atoms with E-state index < -0.39 is 20.9 Å². The normalized spacial score (nSPS) is 20.5. The summed E-state index contributed by atoms with van der Waals surface area (Å²) in [4.78, 5) is 13.7. The molecule has 2 N–H and O–H groups in total. The molecule has 7 heteroatoms. The molecule has 1 heterocycles. The molecule has 2 atom stereocenters. The van der Waals surface area contributed by atoms with Crippen LogP contribution in [0.2, 0.25) is 0 Å². The first-order valence-electron chi connectivity index (χ1n) is 6.83. The number of amides is 1. The molecule has 1 aliphatic rings. The molecule has 0 spiro atoms. The van der Waals surface area contributed by atoms with E-state index in [4.69, 9.17) is 5.73 Å². The van der Waals surface area contributed by atoms with Crippen molar-refractivity contribution in [3.05, 3.63) is 30.1 Å². The van der Waals surface area contributed by atoms with E-state index in [2.05, 4.69) is 0 Å². The maximum absolute atomic E-state index is 12.9. The molecule has 1 saturated heterocycles. The number of nitrogens with two attached hydrogens (primary N) is 1. The van der Waals surface area contributed by atoms with Gasteiger partial charge in [-0.05, 0) is 37.6 Å². The monoisotopic (exact) mass is 314 g/mol. The van der Waals surface area contributed by atoms with Crippen molar-refractivity contribution in [2.24, 2.45) is 5.73 Å². The zero-order chi connectivity index (χ0) is 15.6. The lowest BCUT2D eigenvalue weighted by atomic mass is 10.3. The van der Waals surface area contributed by atoms with E-state index in [1.165, 1.54) is 19.1 Å². The Bertz CT molecular complexity index is 616. The highest BCUT2D eigenvalue weighted by Gasteiger charge is 2.30. The summed E-state index contributed by atoms with van der Waals surface area (Å²) in [7, 11) is -3.64. The minimum Gasteiger partial charge on any atom is -0.341 e. The maximum Gasteiger partial charge on any atom is 0.223 e. The Morgan fingerprint density at radius 3 is 2.57 bits per heavy atom. The summed E-state index contributed by atoms with van der Waals surface area (Å²) in [6.07, 6.45) is 0.650. The van der Waals surface area contributed by atoms with Crippen LogP contribution in [-0.4, -0.2) is 43.6 Å². The molecule has 1 aromatic rings. The van der Waals surface area contributed by atoms with E-state index in [1.807, 2.05) is 0 Å². The lowest BCUT2D eigenvalue weighted by molar-refractivity contribution is -0.130. The third-order valence-corrected chi connectivity index (χ3v) is 5.87. The second-order valence-electron chi connectivity index (χ2n) is 5.40. The summed E-state index contributed by atoms with van der Waals surface area (Å²) in [5.41, 5.74) is 5.74. The number of carbonyl (C=O) groups is 1. The van der Waals surface area contributed by atoms with Crippen LogP contribution in [0.4, 0.5) is 4.39 Å². The fourth-order valence-corrected chi connectivity index (χ4v) is 3.70. The fraction of sp³-hybridized carbons (Fsp3) is 0.500. The Balaban J connectivity index is 2.06.